The van der Waals surface area contributed by atoms with Crippen LogP contribution in [-0.4, -0.2) is 52.2 Å². The molecule has 2 aromatic carbocycles. The maximum atomic E-state index is 12.9. The van der Waals surface area contributed by atoms with Crippen LogP contribution in [0.5, 0.6) is 0 Å². The number of fused-ring (bicyclic) bond motifs is 1. The van der Waals surface area contributed by atoms with Gasteiger partial charge in [0, 0.05) is 49.7 Å². The minimum Gasteiger partial charge on any atom is -0.441 e. The Balaban J connectivity index is 1.26. The molecular formula is C22H21N5O2. The van der Waals surface area contributed by atoms with Gasteiger partial charge in [-0.1, -0.05) is 18.2 Å². The van der Waals surface area contributed by atoms with E-state index in [1.165, 1.54) is 0 Å². The first-order chi connectivity index (χ1) is 14.2. The second kappa shape index (κ2) is 7.09. The fraction of sp³-hybridized carbons (Fsp3) is 0.227. The summed E-state index contributed by atoms with van der Waals surface area (Å²) in [6, 6.07) is 16.0. The molecule has 1 N–H and O–H groups in total. The topological polar surface area (TPSA) is 78.3 Å². The van der Waals surface area contributed by atoms with Crippen molar-refractivity contribution in [2.75, 3.05) is 31.1 Å². The number of rotatable bonds is 3. The molecule has 29 heavy (non-hydrogen) atoms. The average molecular weight is 387 g/mol. The molecule has 1 aliphatic heterocycles. The summed E-state index contributed by atoms with van der Waals surface area (Å²) in [7, 11) is 0. The lowest BCUT2D eigenvalue weighted by atomic mass is 10.1. The molecule has 0 radical (unpaired) electrons. The zero-order valence-corrected chi connectivity index (χ0v) is 16.1. The van der Waals surface area contributed by atoms with Crippen molar-refractivity contribution in [3.63, 3.8) is 0 Å². The van der Waals surface area contributed by atoms with Crippen LogP contribution < -0.4 is 4.90 Å². The van der Waals surface area contributed by atoms with Crippen molar-refractivity contribution in [1.82, 2.24) is 20.1 Å². The molecule has 1 amide bonds. The highest BCUT2D eigenvalue weighted by Crippen LogP contribution is 2.25. The third-order valence-corrected chi connectivity index (χ3v) is 5.38. The monoisotopic (exact) mass is 387 g/mol. The summed E-state index contributed by atoms with van der Waals surface area (Å²) < 4.78 is 5.58. The van der Waals surface area contributed by atoms with Crippen LogP contribution in [0.25, 0.3) is 22.2 Å². The van der Waals surface area contributed by atoms with Crippen molar-refractivity contribution in [1.29, 1.82) is 0 Å². The van der Waals surface area contributed by atoms with Gasteiger partial charge in [-0.15, -0.1) is 0 Å². The number of carbonyl (C=O) groups excluding carboxylic acids is 1. The van der Waals surface area contributed by atoms with Crippen LogP contribution in [0.2, 0.25) is 0 Å². The number of piperazine rings is 1. The third kappa shape index (κ3) is 3.24. The van der Waals surface area contributed by atoms with E-state index in [-0.39, 0.29) is 5.91 Å². The zero-order valence-electron chi connectivity index (χ0n) is 16.1. The van der Waals surface area contributed by atoms with Crippen LogP contribution in [-0.2, 0) is 0 Å². The van der Waals surface area contributed by atoms with E-state index in [0.717, 1.165) is 41.0 Å². The SMILES string of the molecule is Cc1ncc(-c2ccc(N3CCN(C(=O)c4n[nH]c5ccccc45)CC3)cc2)o1. The molecule has 5 rings (SSSR count). The Morgan fingerprint density at radius 3 is 2.52 bits per heavy atom. The number of aryl methyl sites for hydroxylation is 1. The van der Waals surface area contributed by atoms with Gasteiger partial charge in [0.05, 0.1) is 11.7 Å². The second-order valence-corrected chi connectivity index (χ2v) is 7.19. The fourth-order valence-electron chi connectivity index (χ4n) is 3.78. The number of nitrogens with one attached hydrogen (secondary N) is 1. The van der Waals surface area contributed by atoms with Gasteiger partial charge in [0.25, 0.3) is 5.91 Å². The van der Waals surface area contributed by atoms with Crippen LogP contribution in [0.4, 0.5) is 5.69 Å². The highest BCUT2D eigenvalue weighted by molar-refractivity contribution is 6.04. The molecule has 2 aromatic heterocycles. The van der Waals surface area contributed by atoms with E-state index >= 15 is 0 Å². The lowest BCUT2D eigenvalue weighted by Gasteiger charge is -2.36. The third-order valence-electron chi connectivity index (χ3n) is 5.38. The fourth-order valence-corrected chi connectivity index (χ4v) is 3.78. The lowest BCUT2D eigenvalue weighted by molar-refractivity contribution is 0.0742. The van der Waals surface area contributed by atoms with E-state index < -0.39 is 0 Å². The van der Waals surface area contributed by atoms with E-state index in [1.54, 1.807) is 6.20 Å². The Kier molecular flexibility index (Phi) is 4.27. The average Bonchev–Trinajstić information content (AvgIpc) is 3.40. The van der Waals surface area contributed by atoms with Gasteiger partial charge in [0.2, 0.25) is 0 Å². The molecule has 1 aliphatic rings. The summed E-state index contributed by atoms with van der Waals surface area (Å²) in [6.45, 7) is 4.75. The van der Waals surface area contributed by atoms with Crippen LogP contribution in [0.1, 0.15) is 16.4 Å². The van der Waals surface area contributed by atoms with Crippen LogP contribution in [0.3, 0.4) is 0 Å². The first-order valence-electron chi connectivity index (χ1n) is 9.69. The molecule has 0 atom stereocenters. The normalized spacial score (nSPS) is 14.5. The number of anilines is 1. The molecule has 0 saturated carbocycles. The van der Waals surface area contributed by atoms with Gasteiger partial charge in [-0.2, -0.15) is 5.10 Å². The molecule has 0 unspecified atom stereocenters. The predicted octanol–water partition coefficient (Wildman–Crippen LogP) is 3.49. The molecule has 1 fully saturated rings. The van der Waals surface area contributed by atoms with Crippen molar-refractivity contribution in [3.8, 4) is 11.3 Å². The van der Waals surface area contributed by atoms with E-state index in [2.05, 4.69) is 32.2 Å². The number of nitrogens with zero attached hydrogens (tertiary/aromatic N) is 4. The van der Waals surface area contributed by atoms with Crippen LogP contribution in [0.15, 0.2) is 59.1 Å². The molecule has 146 valence electrons. The van der Waals surface area contributed by atoms with Crippen molar-refractivity contribution in [2.24, 2.45) is 0 Å². The smallest absolute Gasteiger partial charge is 0.275 e. The summed E-state index contributed by atoms with van der Waals surface area (Å²) in [5.74, 6) is 1.42. The Morgan fingerprint density at radius 2 is 1.79 bits per heavy atom. The number of H-pyrrole nitrogens is 1. The summed E-state index contributed by atoms with van der Waals surface area (Å²) in [6.07, 6.45) is 1.74. The summed E-state index contributed by atoms with van der Waals surface area (Å²) in [5, 5.41) is 8.06. The quantitative estimate of drug-likeness (QED) is 0.582. The second-order valence-electron chi connectivity index (χ2n) is 7.19. The van der Waals surface area contributed by atoms with Gasteiger partial charge in [0.1, 0.15) is 0 Å². The maximum absolute atomic E-state index is 12.9. The summed E-state index contributed by atoms with van der Waals surface area (Å²) >= 11 is 0. The first-order valence-corrected chi connectivity index (χ1v) is 9.69. The number of oxazole rings is 1. The van der Waals surface area contributed by atoms with Crippen molar-refractivity contribution >= 4 is 22.5 Å². The standard InChI is InChI=1S/C22H21N5O2/c1-15-23-14-20(29-15)16-6-8-17(9-7-16)26-10-12-27(13-11-26)22(28)21-18-4-2-3-5-19(18)24-25-21/h2-9,14H,10-13H2,1H3,(H,24,25). The number of hydrogen-bond donors (Lipinski definition) is 1. The molecule has 4 aromatic rings. The molecule has 0 aliphatic carbocycles. The van der Waals surface area contributed by atoms with E-state index in [0.29, 0.717) is 24.7 Å². The number of hydrogen-bond acceptors (Lipinski definition) is 5. The van der Waals surface area contributed by atoms with Gasteiger partial charge in [-0.25, -0.2) is 4.98 Å². The minimum absolute atomic E-state index is 0.0156. The Hall–Kier alpha value is -3.61. The van der Waals surface area contributed by atoms with E-state index in [1.807, 2.05) is 48.2 Å². The molecule has 0 spiro atoms. The molecule has 1 saturated heterocycles. The summed E-state index contributed by atoms with van der Waals surface area (Å²) in [5.41, 5.74) is 3.54. The Morgan fingerprint density at radius 1 is 1.03 bits per heavy atom. The molecule has 0 bridgehead atoms. The number of aromatic nitrogens is 3. The van der Waals surface area contributed by atoms with Gasteiger partial charge < -0.3 is 14.2 Å². The number of aromatic amines is 1. The van der Waals surface area contributed by atoms with Crippen molar-refractivity contribution in [3.05, 3.63) is 66.3 Å². The molecular weight excluding hydrogens is 366 g/mol. The van der Waals surface area contributed by atoms with Crippen molar-refractivity contribution in [2.45, 2.75) is 6.92 Å². The van der Waals surface area contributed by atoms with Crippen molar-refractivity contribution < 1.29 is 9.21 Å². The summed E-state index contributed by atoms with van der Waals surface area (Å²) in [4.78, 5) is 21.3. The number of benzene rings is 2. The van der Waals surface area contributed by atoms with E-state index in [4.69, 9.17) is 4.42 Å². The number of para-hydroxylation sites is 1. The van der Waals surface area contributed by atoms with Gasteiger partial charge in [-0.05, 0) is 30.3 Å². The largest absolute Gasteiger partial charge is 0.441 e. The minimum atomic E-state index is -0.0156. The predicted molar refractivity (Wildman–Crippen MR) is 111 cm³/mol. The maximum Gasteiger partial charge on any atom is 0.275 e. The Bertz CT molecular complexity index is 1150. The number of carbonyl (C=O) groups is 1. The van der Waals surface area contributed by atoms with Gasteiger partial charge >= 0.3 is 0 Å². The van der Waals surface area contributed by atoms with Gasteiger partial charge in [-0.3, -0.25) is 9.89 Å². The highest BCUT2D eigenvalue weighted by Gasteiger charge is 2.25. The number of amides is 1. The van der Waals surface area contributed by atoms with E-state index in [9.17, 15) is 4.79 Å². The zero-order chi connectivity index (χ0) is 19.8. The molecule has 3 heterocycles. The van der Waals surface area contributed by atoms with Gasteiger partial charge in [0.15, 0.2) is 17.3 Å². The molecule has 7 nitrogen and oxygen atoms in total. The van der Waals surface area contributed by atoms with Crippen LogP contribution in [0, 0.1) is 6.92 Å². The lowest BCUT2D eigenvalue weighted by Crippen LogP contribution is -2.48. The molecule has 7 heteroatoms. The van der Waals surface area contributed by atoms with Crippen LogP contribution >= 0.6 is 0 Å². The highest BCUT2D eigenvalue weighted by atomic mass is 16.4. The Labute approximate surface area is 168 Å². The first kappa shape index (κ1) is 17.5.